The summed E-state index contributed by atoms with van der Waals surface area (Å²) in [5.41, 5.74) is 3.30. The molecule has 2 aromatic heterocycles. The van der Waals surface area contributed by atoms with Gasteiger partial charge in [-0.05, 0) is 49.6 Å². The van der Waals surface area contributed by atoms with Crippen molar-refractivity contribution in [1.29, 1.82) is 0 Å². The maximum Gasteiger partial charge on any atom is 0.270 e. The summed E-state index contributed by atoms with van der Waals surface area (Å²) in [5, 5.41) is 0.937. The lowest BCUT2D eigenvalue weighted by Gasteiger charge is -2.26. The maximum atomic E-state index is 12.8. The lowest BCUT2D eigenvalue weighted by Crippen LogP contribution is -2.35. The van der Waals surface area contributed by atoms with Crippen molar-refractivity contribution in [1.82, 2.24) is 14.9 Å². The van der Waals surface area contributed by atoms with Gasteiger partial charge in [0.05, 0.1) is 5.69 Å². The van der Waals surface area contributed by atoms with Gasteiger partial charge >= 0.3 is 0 Å². The number of fused-ring (bicyclic) bond motifs is 2. The molecular weight excluding hydrogens is 330 g/mol. The minimum atomic E-state index is 0.0672. The number of nitrogens with one attached hydrogen (secondary N) is 1. The Morgan fingerprint density at radius 1 is 1.04 bits per heavy atom. The fourth-order valence-electron chi connectivity index (χ4n) is 3.71. The minimum absolute atomic E-state index is 0.0672. The van der Waals surface area contributed by atoms with Gasteiger partial charge in [-0.15, -0.1) is 0 Å². The highest BCUT2D eigenvalue weighted by atomic mass is 16.7. The second kappa shape index (κ2) is 6.05. The van der Waals surface area contributed by atoms with Crippen LogP contribution in [0.25, 0.3) is 22.2 Å². The maximum absolute atomic E-state index is 12.8. The van der Waals surface area contributed by atoms with Gasteiger partial charge in [-0.25, -0.2) is 0 Å². The third kappa shape index (κ3) is 2.49. The fraction of sp³-hybridized carbons (Fsp3) is 0.300. The summed E-state index contributed by atoms with van der Waals surface area (Å²) >= 11 is 0. The van der Waals surface area contributed by atoms with E-state index < -0.39 is 0 Å². The highest BCUT2D eigenvalue weighted by Gasteiger charge is 2.21. The van der Waals surface area contributed by atoms with Gasteiger partial charge in [0.15, 0.2) is 11.5 Å². The number of aromatic nitrogens is 2. The van der Waals surface area contributed by atoms with Gasteiger partial charge in [0.1, 0.15) is 5.69 Å². The summed E-state index contributed by atoms with van der Waals surface area (Å²) in [6.07, 6.45) is 5.12. The first-order valence-electron chi connectivity index (χ1n) is 8.96. The van der Waals surface area contributed by atoms with E-state index in [4.69, 9.17) is 9.47 Å². The summed E-state index contributed by atoms with van der Waals surface area (Å²) in [6, 6.07) is 9.61. The number of H-pyrrole nitrogens is 1. The number of benzene rings is 1. The van der Waals surface area contributed by atoms with Gasteiger partial charge in [0, 0.05) is 35.8 Å². The number of piperidine rings is 1. The summed E-state index contributed by atoms with van der Waals surface area (Å²) in [5.74, 6) is 1.54. The second-order valence-electron chi connectivity index (χ2n) is 6.72. The molecule has 1 fully saturated rings. The Labute approximate surface area is 150 Å². The Bertz CT molecular complexity index is 989. The van der Waals surface area contributed by atoms with Crippen molar-refractivity contribution in [3.63, 3.8) is 0 Å². The molecule has 0 radical (unpaired) electrons. The minimum Gasteiger partial charge on any atom is -0.454 e. The summed E-state index contributed by atoms with van der Waals surface area (Å²) in [6.45, 7) is 1.91. The molecule has 3 aromatic rings. The molecule has 0 aliphatic carbocycles. The zero-order valence-corrected chi connectivity index (χ0v) is 14.3. The van der Waals surface area contributed by atoms with Gasteiger partial charge in [0.2, 0.25) is 6.79 Å². The summed E-state index contributed by atoms with van der Waals surface area (Å²) in [7, 11) is 0. The number of pyridine rings is 1. The number of hydrogen-bond acceptors (Lipinski definition) is 4. The van der Waals surface area contributed by atoms with Gasteiger partial charge in [-0.3, -0.25) is 9.78 Å². The molecule has 4 heterocycles. The number of aromatic amines is 1. The van der Waals surface area contributed by atoms with Gasteiger partial charge < -0.3 is 19.4 Å². The van der Waals surface area contributed by atoms with Crippen molar-refractivity contribution >= 4 is 16.8 Å². The fourth-order valence-corrected chi connectivity index (χ4v) is 3.71. The van der Waals surface area contributed by atoms with E-state index in [0.29, 0.717) is 5.69 Å². The predicted molar refractivity (Wildman–Crippen MR) is 97.4 cm³/mol. The van der Waals surface area contributed by atoms with Crippen molar-refractivity contribution in [3.05, 3.63) is 42.2 Å². The topological polar surface area (TPSA) is 67.5 Å². The van der Waals surface area contributed by atoms with E-state index in [1.54, 1.807) is 6.20 Å². The number of hydrogen-bond donors (Lipinski definition) is 1. The normalized spacial score (nSPS) is 16.2. The first-order valence-corrected chi connectivity index (χ1v) is 8.96. The molecule has 5 rings (SSSR count). The number of rotatable bonds is 2. The van der Waals surface area contributed by atoms with Crippen LogP contribution >= 0.6 is 0 Å². The third-order valence-electron chi connectivity index (χ3n) is 5.07. The quantitative estimate of drug-likeness (QED) is 0.768. The predicted octanol–water partition coefficient (Wildman–Crippen LogP) is 3.58. The molecule has 6 nitrogen and oxygen atoms in total. The zero-order chi connectivity index (χ0) is 17.5. The molecule has 26 heavy (non-hydrogen) atoms. The second-order valence-corrected chi connectivity index (χ2v) is 6.72. The number of carbonyl (C=O) groups excluding carboxylic acids is 1. The monoisotopic (exact) mass is 349 g/mol. The molecule has 6 heteroatoms. The number of carbonyl (C=O) groups is 1. The van der Waals surface area contributed by atoms with Crippen LogP contribution < -0.4 is 9.47 Å². The average molecular weight is 349 g/mol. The van der Waals surface area contributed by atoms with E-state index in [9.17, 15) is 4.79 Å². The number of likely N-dealkylation sites (tertiary alicyclic amines) is 1. The highest BCUT2D eigenvalue weighted by Crippen LogP contribution is 2.37. The Morgan fingerprint density at radius 2 is 1.88 bits per heavy atom. The van der Waals surface area contributed by atoms with Crippen LogP contribution in [0.15, 0.2) is 36.5 Å². The number of amides is 1. The zero-order valence-electron chi connectivity index (χ0n) is 14.3. The standard InChI is InChI=1S/C20H19N3O3/c24-20(23-8-2-1-3-9-23)16-11-14-15(22-16)6-7-21-19(14)13-4-5-17-18(10-13)26-12-25-17/h4-7,10-11,22H,1-3,8-9,12H2. The molecule has 0 bridgehead atoms. The van der Waals surface area contributed by atoms with E-state index in [1.165, 1.54) is 6.42 Å². The summed E-state index contributed by atoms with van der Waals surface area (Å²) in [4.78, 5) is 22.6. The van der Waals surface area contributed by atoms with Crippen LogP contribution in [-0.4, -0.2) is 40.7 Å². The van der Waals surface area contributed by atoms with Crippen molar-refractivity contribution in [2.75, 3.05) is 19.9 Å². The molecule has 132 valence electrons. The number of nitrogens with zero attached hydrogens (tertiary/aromatic N) is 2. The molecule has 1 amide bonds. The molecule has 2 aliphatic rings. The smallest absolute Gasteiger partial charge is 0.270 e. The Morgan fingerprint density at radius 3 is 2.77 bits per heavy atom. The van der Waals surface area contributed by atoms with E-state index >= 15 is 0 Å². The van der Waals surface area contributed by atoms with Crippen molar-refractivity contribution in [3.8, 4) is 22.8 Å². The van der Waals surface area contributed by atoms with Gasteiger partial charge in [-0.1, -0.05) is 0 Å². The van der Waals surface area contributed by atoms with Crippen LogP contribution in [0.2, 0.25) is 0 Å². The van der Waals surface area contributed by atoms with Crippen LogP contribution in [0.4, 0.5) is 0 Å². The first kappa shape index (κ1) is 15.3. The molecule has 1 saturated heterocycles. The molecule has 0 atom stereocenters. The van der Waals surface area contributed by atoms with E-state index in [2.05, 4.69) is 9.97 Å². The number of ether oxygens (including phenoxy) is 2. The molecule has 1 aromatic carbocycles. The van der Waals surface area contributed by atoms with Crippen LogP contribution in [0, 0.1) is 0 Å². The van der Waals surface area contributed by atoms with Crippen LogP contribution in [0.3, 0.4) is 0 Å². The Hall–Kier alpha value is -3.02. The van der Waals surface area contributed by atoms with Crippen LogP contribution in [0.5, 0.6) is 11.5 Å². The molecule has 0 saturated carbocycles. The van der Waals surface area contributed by atoms with E-state index in [1.807, 2.05) is 35.2 Å². The molecule has 0 unspecified atom stereocenters. The van der Waals surface area contributed by atoms with Crippen LogP contribution in [0.1, 0.15) is 29.8 Å². The largest absolute Gasteiger partial charge is 0.454 e. The van der Waals surface area contributed by atoms with Gasteiger partial charge in [-0.2, -0.15) is 0 Å². The highest BCUT2D eigenvalue weighted by molar-refractivity contribution is 6.02. The first-order chi connectivity index (χ1) is 12.8. The van der Waals surface area contributed by atoms with Crippen molar-refractivity contribution in [2.45, 2.75) is 19.3 Å². The lowest BCUT2D eigenvalue weighted by molar-refractivity contribution is 0.0719. The van der Waals surface area contributed by atoms with E-state index in [-0.39, 0.29) is 12.7 Å². The van der Waals surface area contributed by atoms with Crippen LogP contribution in [-0.2, 0) is 0 Å². The molecule has 1 N–H and O–H groups in total. The Kier molecular flexibility index (Phi) is 3.55. The van der Waals surface area contributed by atoms with Crippen molar-refractivity contribution in [2.24, 2.45) is 0 Å². The lowest BCUT2D eigenvalue weighted by atomic mass is 10.1. The Balaban J connectivity index is 1.55. The van der Waals surface area contributed by atoms with Gasteiger partial charge in [0.25, 0.3) is 5.91 Å². The summed E-state index contributed by atoms with van der Waals surface area (Å²) < 4.78 is 10.9. The SMILES string of the molecule is O=C(c1cc2c(-c3ccc4c(c3)OCO4)nccc2[nH]1)N1CCCCC1. The third-order valence-corrected chi connectivity index (χ3v) is 5.07. The molecule has 0 spiro atoms. The van der Waals surface area contributed by atoms with E-state index in [0.717, 1.165) is 59.6 Å². The van der Waals surface area contributed by atoms with Crippen molar-refractivity contribution < 1.29 is 14.3 Å². The molecular formula is C20H19N3O3. The average Bonchev–Trinajstić information content (AvgIpc) is 3.33. The molecule has 2 aliphatic heterocycles.